The van der Waals surface area contributed by atoms with E-state index >= 15 is 0 Å². The second kappa shape index (κ2) is 10.2. The van der Waals surface area contributed by atoms with Crippen LogP contribution in [0.25, 0.3) is 0 Å². The van der Waals surface area contributed by atoms with E-state index in [0.717, 1.165) is 31.2 Å². The van der Waals surface area contributed by atoms with E-state index in [2.05, 4.69) is 6.92 Å². The predicted molar refractivity (Wildman–Crippen MR) is 90.1 cm³/mol. The summed E-state index contributed by atoms with van der Waals surface area (Å²) in [6, 6.07) is 10.3. The van der Waals surface area contributed by atoms with Crippen LogP contribution in [-0.2, 0) is 16.5 Å². The van der Waals surface area contributed by atoms with E-state index in [9.17, 15) is 18.1 Å². The molecule has 1 N–H and O–H groups in total. The Hall–Kier alpha value is -1.05. The van der Waals surface area contributed by atoms with Crippen molar-refractivity contribution in [3.8, 4) is 17.2 Å². The number of ether oxygens (including phenoxy) is 1. The second-order valence-electron chi connectivity index (χ2n) is 5.60. The molecule has 2 aromatic carbocycles. The predicted octanol–water partition coefficient (Wildman–Crippen LogP) is 0.926. The van der Waals surface area contributed by atoms with E-state index in [1.54, 1.807) is 6.07 Å². The Kier molecular flexibility index (Phi) is 8.96. The van der Waals surface area contributed by atoms with Crippen molar-refractivity contribution in [1.82, 2.24) is 0 Å². The average Bonchev–Trinajstić information content (AvgIpc) is 2.53. The van der Waals surface area contributed by atoms with Gasteiger partial charge in [0.15, 0.2) is 0 Å². The molecule has 0 atom stereocenters. The Labute approximate surface area is 171 Å². The van der Waals surface area contributed by atoms with E-state index in [1.165, 1.54) is 36.4 Å². The van der Waals surface area contributed by atoms with Gasteiger partial charge < -0.3 is 9.84 Å². The minimum absolute atomic E-state index is 0. The van der Waals surface area contributed by atoms with Gasteiger partial charge in [-0.15, -0.1) is 5.75 Å². The summed E-state index contributed by atoms with van der Waals surface area (Å²) in [7, 11) is -4.39. The van der Waals surface area contributed by atoms with Gasteiger partial charge in [0.25, 0.3) is 10.1 Å². The van der Waals surface area contributed by atoms with E-state index in [-0.39, 0.29) is 46.0 Å². The topological polar surface area (TPSA) is 86.7 Å². The normalized spacial score (nSPS) is 11.0. The summed E-state index contributed by atoms with van der Waals surface area (Å²) in [6.07, 6.45) is 4.90. The smallest absolute Gasteiger partial charge is 0.872 e. The van der Waals surface area contributed by atoms with E-state index in [0.29, 0.717) is 12.2 Å². The molecule has 0 heterocycles. The van der Waals surface area contributed by atoms with Crippen LogP contribution in [0.15, 0.2) is 47.4 Å². The maximum atomic E-state index is 11.6. The molecule has 0 radical (unpaired) electrons. The van der Waals surface area contributed by atoms with Crippen molar-refractivity contribution >= 4 is 10.1 Å². The van der Waals surface area contributed by atoms with Crippen molar-refractivity contribution in [2.45, 2.75) is 43.9 Å². The molecule has 0 aromatic heterocycles. The molecule has 0 fully saturated rings. The number of rotatable bonds is 8. The number of aryl methyl sites for hydroxylation is 1. The molecule has 2 aromatic rings. The van der Waals surface area contributed by atoms with Crippen LogP contribution in [0, 0.1) is 0 Å². The van der Waals surface area contributed by atoms with Crippen LogP contribution in [0.4, 0.5) is 0 Å². The molecule has 0 amide bonds. The van der Waals surface area contributed by atoms with Crippen LogP contribution in [0.1, 0.15) is 38.2 Å². The molecule has 0 unspecified atom stereocenters. The summed E-state index contributed by atoms with van der Waals surface area (Å²) < 4.78 is 37.9. The molecule has 0 saturated heterocycles. The Morgan fingerprint density at radius 2 is 1.76 bits per heavy atom. The molecule has 130 valence electrons. The fourth-order valence-corrected chi connectivity index (χ4v) is 3.07. The molecule has 2 rings (SSSR count). The summed E-state index contributed by atoms with van der Waals surface area (Å²) >= 11 is 0. The zero-order valence-electron chi connectivity index (χ0n) is 14.6. The van der Waals surface area contributed by atoms with Gasteiger partial charge in [-0.3, -0.25) is 4.55 Å². The van der Waals surface area contributed by atoms with Gasteiger partial charge in [-0.2, -0.15) is 8.42 Å². The van der Waals surface area contributed by atoms with Gasteiger partial charge in [-0.05, 0) is 36.6 Å². The van der Waals surface area contributed by atoms with E-state index in [4.69, 9.17) is 4.74 Å². The number of hydrogen-bond donors (Lipinski definition) is 1. The first kappa shape index (κ1) is 22.0. The molecule has 0 saturated carbocycles. The van der Waals surface area contributed by atoms with Gasteiger partial charge in [-0.25, -0.2) is 0 Å². The molecule has 0 aliphatic heterocycles. The Morgan fingerprint density at radius 3 is 2.44 bits per heavy atom. The fraction of sp³-hybridized carbons (Fsp3) is 0.333. The minimum Gasteiger partial charge on any atom is -0.872 e. The van der Waals surface area contributed by atoms with Crippen molar-refractivity contribution < 1.29 is 52.4 Å². The molecule has 0 aliphatic carbocycles. The fourth-order valence-electron chi connectivity index (χ4n) is 2.46. The summed E-state index contributed by atoms with van der Waals surface area (Å²) in [5.41, 5.74) is 0.740. The molecule has 0 spiro atoms. The third-order valence-corrected chi connectivity index (χ3v) is 4.57. The van der Waals surface area contributed by atoms with Crippen molar-refractivity contribution in [2.24, 2.45) is 0 Å². The maximum absolute atomic E-state index is 11.6. The molecular weight excluding hydrogens is 351 g/mol. The van der Waals surface area contributed by atoms with Crippen LogP contribution in [0.3, 0.4) is 0 Å². The Balaban J connectivity index is 0.00000312. The van der Waals surface area contributed by atoms with Gasteiger partial charge in [0, 0.05) is 0 Å². The van der Waals surface area contributed by atoms with Crippen molar-refractivity contribution in [3.63, 3.8) is 0 Å². The van der Waals surface area contributed by atoms with Crippen molar-refractivity contribution in [1.29, 1.82) is 0 Å². The standard InChI is InChI=1S/C18H22O5S.Na/c1-2-3-4-5-8-14-13-15(19)11-12-16(14)23-17-9-6-7-10-18(17)24(20,21)22;/h6-7,9-13,19H,2-5,8H2,1H3,(H,20,21,22);/q;+1/p-1. The first-order valence-electron chi connectivity index (χ1n) is 7.96. The largest absolute Gasteiger partial charge is 1.00 e. The zero-order valence-corrected chi connectivity index (χ0v) is 17.4. The molecular formula is C18H21NaO5S. The summed E-state index contributed by atoms with van der Waals surface area (Å²) in [5, 5.41) is 11.6. The van der Waals surface area contributed by atoms with Crippen molar-refractivity contribution in [3.05, 3.63) is 48.0 Å². The van der Waals surface area contributed by atoms with Crippen LogP contribution in [0.2, 0.25) is 0 Å². The number of benzene rings is 2. The maximum Gasteiger partial charge on any atom is 1.00 e. The van der Waals surface area contributed by atoms with Gasteiger partial charge in [0.05, 0.1) is 0 Å². The van der Waals surface area contributed by atoms with Gasteiger partial charge >= 0.3 is 29.6 Å². The minimum atomic E-state index is -4.39. The van der Waals surface area contributed by atoms with Gasteiger partial charge in [0.1, 0.15) is 16.4 Å². The monoisotopic (exact) mass is 372 g/mol. The summed E-state index contributed by atoms with van der Waals surface area (Å²) in [5.74, 6) is 0.353. The van der Waals surface area contributed by atoms with Gasteiger partial charge in [0.2, 0.25) is 0 Å². The third-order valence-electron chi connectivity index (χ3n) is 3.68. The number of unbranched alkanes of at least 4 members (excludes halogenated alkanes) is 3. The summed E-state index contributed by atoms with van der Waals surface area (Å²) in [4.78, 5) is -0.298. The zero-order chi connectivity index (χ0) is 17.6. The number of hydrogen-bond acceptors (Lipinski definition) is 4. The molecule has 0 bridgehead atoms. The second-order valence-corrected chi connectivity index (χ2v) is 6.99. The van der Waals surface area contributed by atoms with E-state index in [1.807, 2.05) is 0 Å². The van der Waals surface area contributed by atoms with Crippen LogP contribution in [-0.4, -0.2) is 13.0 Å². The Morgan fingerprint density at radius 1 is 1.04 bits per heavy atom. The van der Waals surface area contributed by atoms with Crippen molar-refractivity contribution in [2.75, 3.05) is 0 Å². The van der Waals surface area contributed by atoms with E-state index < -0.39 is 10.1 Å². The summed E-state index contributed by atoms with van der Waals surface area (Å²) in [6.45, 7) is 2.12. The van der Waals surface area contributed by atoms with Crippen LogP contribution in [0.5, 0.6) is 17.2 Å². The molecule has 5 nitrogen and oxygen atoms in total. The van der Waals surface area contributed by atoms with Gasteiger partial charge in [-0.1, -0.05) is 50.5 Å². The molecule has 25 heavy (non-hydrogen) atoms. The Bertz CT molecular complexity index is 790. The SMILES string of the molecule is CCCCCCc1cc([O-])ccc1Oc1ccccc1S(=O)(=O)O.[Na+]. The van der Waals surface area contributed by atoms with Crippen LogP contribution < -0.4 is 39.4 Å². The third kappa shape index (κ3) is 6.64. The first-order valence-corrected chi connectivity index (χ1v) is 9.40. The first-order chi connectivity index (χ1) is 11.4. The average molecular weight is 372 g/mol. The number of para-hydroxylation sites is 1. The quantitative estimate of drug-likeness (QED) is 0.423. The molecule has 7 heteroatoms. The molecule has 0 aliphatic rings. The van der Waals surface area contributed by atoms with Crippen LogP contribution >= 0.6 is 0 Å².